The number of carbonyl (C=O) groups excluding carboxylic acids is 1. The van der Waals surface area contributed by atoms with Gasteiger partial charge in [-0.05, 0) is 51.0 Å². The van der Waals surface area contributed by atoms with Crippen LogP contribution in [-0.2, 0) is 0 Å². The second-order valence-electron chi connectivity index (χ2n) is 7.92. The maximum absolute atomic E-state index is 12.7. The molecule has 8 heteroatoms. The van der Waals surface area contributed by atoms with E-state index in [9.17, 15) is 4.79 Å². The highest BCUT2D eigenvalue weighted by molar-refractivity contribution is 5.98. The normalized spacial score (nSPS) is 18.4. The predicted octanol–water partition coefficient (Wildman–Crippen LogP) is 3.31. The first-order chi connectivity index (χ1) is 13.1. The van der Waals surface area contributed by atoms with Crippen molar-refractivity contribution in [1.82, 2.24) is 20.1 Å². The van der Waals surface area contributed by atoms with Gasteiger partial charge in [-0.25, -0.2) is 0 Å². The van der Waals surface area contributed by atoms with E-state index >= 15 is 0 Å². The lowest BCUT2D eigenvalue weighted by atomic mass is 10.1. The summed E-state index contributed by atoms with van der Waals surface area (Å²) in [4.78, 5) is 20.4. The van der Waals surface area contributed by atoms with E-state index in [2.05, 4.69) is 35.1 Å². The predicted molar refractivity (Wildman–Crippen MR) is 122 cm³/mol. The van der Waals surface area contributed by atoms with E-state index in [4.69, 9.17) is 4.74 Å². The van der Waals surface area contributed by atoms with E-state index in [0.29, 0.717) is 11.7 Å². The number of benzene rings is 1. The van der Waals surface area contributed by atoms with Crippen LogP contribution in [0.25, 0.3) is 10.9 Å². The fourth-order valence-corrected chi connectivity index (χ4v) is 4.04. The van der Waals surface area contributed by atoms with Gasteiger partial charge in [0, 0.05) is 56.2 Å². The molecular formula is C21H32Cl2N4O2. The molecule has 1 aromatic carbocycles. The van der Waals surface area contributed by atoms with Crippen LogP contribution in [0, 0.1) is 0 Å². The van der Waals surface area contributed by atoms with Crippen molar-refractivity contribution >= 4 is 41.6 Å². The number of hydrogen-bond acceptors (Lipinski definition) is 4. The third kappa shape index (κ3) is 5.57. The molecule has 2 N–H and O–H groups in total. The van der Waals surface area contributed by atoms with Gasteiger partial charge in [0.15, 0.2) is 0 Å². The van der Waals surface area contributed by atoms with Gasteiger partial charge in [-0.15, -0.1) is 24.8 Å². The number of carbonyl (C=O) groups is 1. The van der Waals surface area contributed by atoms with E-state index in [1.165, 1.54) is 0 Å². The first-order valence-corrected chi connectivity index (χ1v) is 10.1. The van der Waals surface area contributed by atoms with E-state index in [-0.39, 0.29) is 36.8 Å². The molecule has 2 aromatic rings. The molecule has 1 amide bonds. The highest BCUT2D eigenvalue weighted by Gasteiger charge is 2.23. The van der Waals surface area contributed by atoms with E-state index in [1.807, 2.05) is 23.1 Å². The minimum Gasteiger partial charge on any atom is -0.490 e. The van der Waals surface area contributed by atoms with Crippen molar-refractivity contribution in [3.8, 4) is 5.75 Å². The van der Waals surface area contributed by atoms with E-state index in [1.54, 1.807) is 0 Å². The first kappa shape index (κ1) is 23.8. The Morgan fingerprint density at radius 3 is 2.41 bits per heavy atom. The number of aromatic amines is 1. The smallest absolute Gasteiger partial charge is 0.270 e. The topological polar surface area (TPSA) is 60.6 Å². The zero-order chi connectivity index (χ0) is 18.8. The quantitative estimate of drug-likeness (QED) is 0.762. The van der Waals surface area contributed by atoms with Gasteiger partial charge in [0.05, 0.1) is 0 Å². The highest BCUT2D eigenvalue weighted by atomic mass is 35.5. The van der Waals surface area contributed by atoms with Crippen molar-refractivity contribution in [1.29, 1.82) is 0 Å². The van der Waals surface area contributed by atoms with Crippen LogP contribution in [0.4, 0.5) is 0 Å². The average molecular weight is 443 g/mol. The Labute approximate surface area is 185 Å². The van der Waals surface area contributed by atoms with E-state index < -0.39 is 0 Å². The molecule has 2 aliphatic heterocycles. The second-order valence-corrected chi connectivity index (χ2v) is 7.92. The number of aromatic nitrogens is 1. The van der Waals surface area contributed by atoms with Crippen LogP contribution < -0.4 is 10.1 Å². The summed E-state index contributed by atoms with van der Waals surface area (Å²) in [6.45, 7) is 9.94. The van der Waals surface area contributed by atoms with Gasteiger partial charge in [-0.2, -0.15) is 0 Å². The van der Waals surface area contributed by atoms with Crippen LogP contribution in [0.15, 0.2) is 24.3 Å². The Hall–Kier alpha value is -1.47. The van der Waals surface area contributed by atoms with Gasteiger partial charge in [0.2, 0.25) is 0 Å². The van der Waals surface area contributed by atoms with Crippen LogP contribution in [0.3, 0.4) is 0 Å². The summed E-state index contributed by atoms with van der Waals surface area (Å²) in [5.74, 6) is 0.974. The standard InChI is InChI=1S/C21H30N4O2.2ClH/c1-15(2)24-9-5-17(6-10-24)27-18-3-4-19-16(13-18)14-20(23-19)21(26)25-11-7-22-8-12-25;;/h3-4,13-15,17,22-23H,5-12H2,1-2H3;2*1H. The number of ether oxygens (including phenoxy) is 1. The van der Waals surface area contributed by atoms with Crippen molar-refractivity contribution in [2.24, 2.45) is 0 Å². The average Bonchev–Trinajstić information content (AvgIpc) is 3.12. The third-order valence-electron chi connectivity index (χ3n) is 5.74. The monoisotopic (exact) mass is 442 g/mol. The lowest BCUT2D eigenvalue weighted by Gasteiger charge is -2.34. The Morgan fingerprint density at radius 1 is 1.07 bits per heavy atom. The number of rotatable bonds is 4. The van der Waals surface area contributed by atoms with Crippen LogP contribution in [-0.4, -0.2) is 72.1 Å². The Kier molecular flexibility index (Phi) is 8.64. The summed E-state index contributed by atoms with van der Waals surface area (Å²) in [5.41, 5.74) is 1.64. The summed E-state index contributed by atoms with van der Waals surface area (Å²) in [5, 5.41) is 4.31. The van der Waals surface area contributed by atoms with Crippen molar-refractivity contribution in [2.75, 3.05) is 39.3 Å². The molecule has 0 radical (unpaired) electrons. The summed E-state index contributed by atoms with van der Waals surface area (Å²) in [7, 11) is 0. The largest absolute Gasteiger partial charge is 0.490 e. The molecule has 2 aliphatic rings. The molecule has 2 fully saturated rings. The molecule has 3 heterocycles. The minimum atomic E-state index is 0. The van der Waals surface area contributed by atoms with Gasteiger partial charge in [-0.1, -0.05) is 0 Å². The zero-order valence-corrected chi connectivity index (χ0v) is 18.8. The van der Waals surface area contributed by atoms with Crippen molar-refractivity contribution in [3.05, 3.63) is 30.0 Å². The molecule has 0 atom stereocenters. The molecule has 1 aromatic heterocycles. The number of amides is 1. The summed E-state index contributed by atoms with van der Waals surface area (Å²) in [6.07, 6.45) is 2.41. The zero-order valence-electron chi connectivity index (χ0n) is 17.1. The molecule has 4 rings (SSSR count). The Balaban J connectivity index is 0.00000150. The molecular weight excluding hydrogens is 411 g/mol. The molecule has 29 heavy (non-hydrogen) atoms. The van der Waals surface area contributed by atoms with Gasteiger partial charge < -0.3 is 24.8 Å². The molecule has 0 saturated carbocycles. The first-order valence-electron chi connectivity index (χ1n) is 10.1. The minimum absolute atomic E-state index is 0. The molecule has 0 unspecified atom stereocenters. The molecule has 0 spiro atoms. The summed E-state index contributed by atoms with van der Waals surface area (Å²) >= 11 is 0. The SMILES string of the molecule is CC(C)N1CCC(Oc2ccc3[nH]c(C(=O)N4CCNCC4)cc3c2)CC1.Cl.Cl. The lowest BCUT2D eigenvalue weighted by Crippen LogP contribution is -2.46. The van der Waals surface area contributed by atoms with Crippen molar-refractivity contribution in [2.45, 2.75) is 38.8 Å². The number of piperazine rings is 1. The Bertz CT molecular complexity index is 797. The van der Waals surface area contributed by atoms with Crippen LogP contribution in [0.2, 0.25) is 0 Å². The Morgan fingerprint density at radius 2 is 1.76 bits per heavy atom. The fraction of sp³-hybridized carbons (Fsp3) is 0.571. The summed E-state index contributed by atoms with van der Waals surface area (Å²) < 4.78 is 6.23. The van der Waals surface area contributed by atoms with Crippen LogP contribution in [0.5, 0.6) is 5.75 Å². The van der Waals surface area contributed by atoms with E-state index in [0.717, 1.165) is 68.8 Å². The third-order valence-corrected chi connectivity index (χ3v) is 5.74. The molecule has 162 valence electrons. The number of piperidine rings is 1. The van der Waals surface area contributed by atoms with Crippen molar-refractivity contribution in [3.63, 3.8) is 0 Å². The number of nitrogens with one attached hydrogen (secondary N) is 2. The second kappa shape index (κ2) is 10.5. The maximum Gasteiger partial charge on any atom is 0.270 e. The number of likely N-dealkylation sites (tertiary alicyclic amines) is 1. The number of halogens is 2. The highest BCUT2D eigenvalue weighted by Crippen LogP contribution is 2.25. The van der Waals surface area contributed by atoms with Crippen LogP contribution in [0.1, 0.15) is 37.2 Å². The molecule has 2 saturated heterocycles. The molecule has 6 nitrogen and oxygen atoms in total. The summed E-state index contributed by atoms with van der Waals surface area (Å²) in [6, 6.07) is 8.63. The van der Waals surface area contributed by atoms with Gasteiger partial charge in [-0.3, -0.25) is 4.79 Å². The number of hydrogen-bond donors (Lipinski definition) is 2. The molecule has 0 aliphatic carbocycles. The van der Waals surface area contributed by atoms with Crippen molar-refractivity contribution < 1.29 is 9.53 Å². The number of fused-ring (bicyclic) bond motifs is 1. The van der Waals surface area contributed by atoms with Crippen LogP contribution >= 0.6 is 24.8 Å². The number of H-pyrrole nitrogens is 1. The fourth-order valence-electron chi connectivity index (χ4n) is 4.04. The van der Waals surface area contributed by atoms with Gasteiger partial charge in [0.1, 0.15) is 17.5 Å². The van der Waals surface area contributed by atoms with Gasteiger partial charge >= 0.3 is 0 Å². The van der Waals surface area contributed by atoms with Gasteiger partial charge in [0.25, 0.3) is 5.91 Å². The lowest BCUT2D eigenvalue weighted by molar-refractivity contribution is 0.0730. The number of nitrogens with zero attached hydrogens (tertiary/aromatic N) is 2. The molecule has 0 bridgehead atoms. The maximum atomic E-state index is 12.7.